The number of nitrogens with one attached hydrogen (secondary N) is 1. The van der Waals surface area contributed by atoms with E-state index in [2.05, 4.69) is 10.3 Å². The molecule has 0 aliphatic carbocycles. The van der Waals surface area contributed by atoms with Crippen LogP contribution in [-0.2, 0) is 6.42 Å². The molecule has 0 aliphatic rings. The van der Waals surface area contributed by atoms with Gasteiger partial charge in [0.05, 0.1) is 7.11 Å². The average molecular weight is 305 g/mol. The summed E-state index contributed by atoms with van der Waals surface area (Å²) in [6, 6.07) is 7.74. The Labute approximate surface area is 128 Å². The Bertz CT molecular complexity index is 586. The van der Waals surface area contributed by atoms with Crippen LogP contribution in [-0.4, -0.2) is 36.1 Å². The fourth-order valence-electron chi connectivity index (χ4n) is 1.99. The lowest BCUT2D eigenvalue weighted by Crippen LogP contribution is -2.39. The van der Waals surface area contributed by atoms with Crippen molar-refractivity contribution in [1.29, 1.82) is 0 Å². The van der Waals surface area contributed by atoms with Crippen molar-refractivity contribution in [1.82, 2.24) is 9.88 Å². The van der Waals surface area contributed by atoms with E-state index in [9.17, 15) is 4.79 Å². The summed E-state index contributed by atoms with van der Waals surface area (Å²) in [6.07, 6.45) is 2.39. The zero-order chi connectivity index (χ0) is 15.2. The number of benzene rings is 1. The number of carbonyl (C=O) groups excluding carboxylic acids is 1. The van der Waals surface area contributed by atoms with Gasteiger partial charge < -0.3 is 9.64 Å². The molecule has 2 aromatic rings. The molecule has 1 aromatic heterocycles. The predicted molar refractivity (Wildman–Crippen MR) is 85.1 cm³/mol. The van der Waals surface area contributed by atoms with Gasteiger partial charge in [-0.1, -0.05) is 18.2 Å². The molecule has 0 saturated heterocycles. The maximum atomic E-state index is 12.1. The summed E-state index contributed by atoms with van der Waals surface area (Å²) in [4.78, 5) is 17.9. The number of rotatable bonds is 5. The summed E-state index contributed by atoms with van der Waals surface area (Å²) in [5, 5.41) is 5.22. The van der Waals surface area contributed by atoms with Crippen molar-refractivity contribution in [2.24, 2.45) is 0 Å². The van der Waals surface area contributed by atoms with Crippen molar-refractivity contribution in [3.8, 4) is 5.75 Å². The molecule has 0 aliphatic heterocycles. The highest BCUT2D eigenvalue weighted by molar-refractivity contribution is 7.13. The Hall–Kier alpha value is -2.08. The molecule has 21 heavy (non-hydrogen) atoms. The van der Waals surface area contributed by atoms with Gasteiger partial charge in [0, 0.05) is 24.7 Å². The largest absolute Gasteiger partial charge is 0.496 e. The number of para-hydroxylation sites is 1. The maximum absolute atomic E-state index is 12.1. The number of hydrogen-bond donors (Lipinski definition) is 1. The standard InChI is InChI=1S/C15H19N3O2S/c1-11(10-12-6-4-5-7-13(12)20-3)18(2)15(19)17-14-16-8-9-21-14/h4-9,11H,10H2,1-3H3,(H,16,17,19)/t11-/m1/s1. The summed E-state index contributed by atoms with van der Waals surface area (Å²) in [5.41, 5.74) is 1.08. The highest BCUT2D eigenvalue weighted by Crippen LogP contribution is 2.20. The van der Waals surface area contributed by atoms with Gasteiger partial charge in [-0.2, -0.15) is 0 Å². The van der Waals surface area contributed by atoms with Crippen molar-refractivity contribution in [3.63, 3.8) is 0 Å². The minimum absolute atomic E-state index is 0.0428. The second-order valence-electron chi connectivity index (χ2n) is 4.74. The number of anilines is 1. The molecule has 1 N–H and O–H groups in total. The highest BCUT2D eigenvalue weighted by atomic mass is 32.1. The molecule has 0 unspecified atom stereocenters. The number of hydrogen-bond acceptors (Lipinski definition) is 4. The van der Waals surface area contributed by atoms with E-state index in [1.807, 2.05) is 36.6 Å². The van der Waals surface area contributed by atoms with Crippen LogP contribution in [0.5, 0.6) is 5.75 Å². The molecule has 1 atom stereocenters. The number of amides is 2. The first-order valence-electron chi connectivity index (χ1n) is 6.67. The lowest BCUT2D eigenvalue weighted by Gasteiger charge is -2.25. The number of likely N-dealkylation sites (N-methyl/N-ethyl adjacent to an activating group) is 1. The first-order valence-corrected chi connectivity index (χ1v) is 7.55. The molecule has 0 saturated carbocycles. The summed E-state index contributed by atoms with van der Waals surface area (Å²) in [6.45, 7) is 2.01. The van der Waals surface area contributed by atoms with Crippen LogP contribution in [0.15, 0.2) is 35.8 Å². The van der Waals surface area contributed by atoms with Gasteiger partial charge in [-0.25, -0.2) is 9.78 Å². The lowest BCUT2D eigenvalue weighted by atomic mass is 10.1. The second kappa shape index (κ2) is 7.08. The van der Waals surface area contributed by atoms with Gasteiger partial charge in [0.25, 0.3) is 0 Å². The lowest BCUT2D eigenvalue weighted by molar-refractivity contribution is 0.207. The molecule has 2 amide bonds. The predicted octanol–water partition coefficient (Wildman–Crippen LogP) is 3.25. The molecule has 112 valence electrons. The van der Waals surface area contributed by atoms with Crippen molar-refractivity contribution in [3.05, 3.63) is 41.4 Å². The molecule has 0 fully saturated rings. The van der Waals surface area contributed by atoms with E-state index >= 15 is 0 Å². The minimum Gasteiger partial charge on any atom is -0.496 e. The molecule has 2 rings (SSSR count). The summed E-state index contributed by atoms with van der Waals surface area (Å²) in [7, 11) is 3.44. The van der Waals surface area contributed by atoms with E-state index in [-0.39, 0.29) is 12.1 Å². The topological polar surface area (TPSA) is 54.5 Å². The van der Waals surface area contributed by atoms with Crippen LogP contribution in [0.1, 0.15) is 12.5 Å². The van der Waals surface area contributed by atoms with Gasteiger partial charge >= 0.3 is 6.03 Å². The Kier molecular flexibility index (Phi) is 5.16. The van der Waals surface area contributed by atoms with E-state index in [1.54, 1.807) is 25.3 Å². The Balaban J connectivity index is 1.98. The number of urea groups is 1. The second-order valence-corrected chi connectivity index (χ2v) is 5.64. The van der Waals surface area contributed by atoms with Crippen molar-refractivity contribution in [2.45, 2.75) is 19.4 Å². The van der Waals surface area contributed by atoms with E-state index in [0.717, 1.165) is 17.7 Å². The maximum Gasteiger partial charge on any atom is 0.323 e. The molecule has 1 aromatic carbocycles. The van der Waals surface area contributed by atoms with Crippen LogP contribution in [0.2, 0.25) is 0 Å². The van der Waals surface area contributed by atoms with E-state index in [1.165, 1.54) is 11.3 Å². The number of ether oxygens (including phenoxy) is 1. The summed E-state index contributed by atoms with van der Waals surface area (Å²) >= 11 is 1.40. The Morgan fingerprint density at radius 1 is 1.48 bits per heavy atom. The molecular weight excluding hydrogens is 286 g/mol. The number of methoxy groups -OCH3 is 1. The zero-order valence-corrected chi connectivity index (χ0v) is 13.2. The molecule has 1 heterocycles. The van der Waals surface area contributed by atoms with Crippen molar-refractivity contribution >= 4 is 22.5 Å². The fourth-order valence-corrected chi connectivity index (χ4v) is 2.51. The van der Waals surface area contributed by atoms with Crippen molar-refractivity contribution < 1.29 is 9.53 Å². The average Bonchev–Trinajstić information content (AvgIpc) is 2.99. The monoisotopic (exact) mass is 305 g/mol. The molecule has 5 nitrogen and oxygen atoms in total. The first kappa shape index (κ1) is 15.3. The van der Waals surface area contributed by atoms with E-state index in [4.69, 9.17) is 4.74 Å². The smallest absolute Gasteiger partial charge is 0.323 e. The SMILES string of the molecule is COc1ccccc1C[C@@H](C)N(C)C(=O)Nc1nccs1. The zero-order valence-electron chi connectivity index (χ0n) is 12.4. The van der Waals surface area contributed by atoms with Crippen LogP contribution < -0.4 is 10.1 Å². The van der Waals surface area contributed by atoms with E-state index in [0.29, 0.717) is 5.13 Å². The van der Waals surface area contributed by atoms with Crippen LogP contribution in [0.3, 0.4) is 0 Å². The molecule has 0 radical (unpaired) electrons. The van der Waals surface area contributed by atoms with Gasteiger partial charge in [-0.15, -0.1) is 11.3 Å². The van der Waals surface area contributed by atoms with Crippen molar-refractivity contribution in [2.75, 3.05) is 19.5 Å². The Morgan fingerprint density at radius 2 is 2.24 bits per heavy atom. The summed E-state index contributed by atoms with van der Waals surface area (Å²) in [5.74, 6) is 0.845. The fraction of sp³-hybridized carbons (Fsp3) is 0.333. The van der Waals surface area contributed by atoms with Gasteiger partial charge in [-0.05, 0) is 25.0 Å². The molecule has 6 heteroatoms. The third-order valence-corrected chi connectivity index (χ3v) is 4.02. The number of thiazole rings is 1. The number of carbonyl (C=O) groups is 1. The molecule has 0 spiro atoms. The highest BCUT2D eigenvalue weighted by Gasteiger charge is 2.18. The third kappa shape index (κ3) is 3.95. The summed E-state index contributed by atoms with van der Waals surface area (Å²) < 4.78 is 5.34. The molecular formula is C15H19N3O2S. The molecule has 0 bridgehead atoms. The van der Waals surface area contributed by atoms with Gasteiger partial charge in [0.15, 0.2) is 5.13 Å². The van der Waals surface area contributed by atoms with Crippen LogP contribution >= 0.6 is 11.3 Å². The van der Waals surface area contributed by atoms with E-state index < -0.39 is 0 Å². The normalized spacial score (nSPS) is 11.8. The minimum atomic E-state index is -0.160. The van der Waals surface area contributed by atoms with Gasteiger partial charge in [-0.3, -0.25) is 5.32 Å². The number of nitrogens with zero attached hydrogens (tertiary/aromatic N) is 2. The third-order valence-electron chi connectivity index (χ3n) is 3.34. The van der Waals surface area contributed by atoms with Crippen LogP contribution in [0.4, 0.5) is 9.93 Å². The Morgan fingerprint density at radius 3 is 2.90 bits per heavy atom. The van der Waals surface area contributed by atoms with Gasteiger partial charge in [0.2, 0.25) is 0 Å². The van der Waals surface area contributed by atoms with Crippen LogP contribution in [0, 0.1) is 0 Å². The number of aromatic nitrogens is 1. The quantitative estimate of drug-likeness (QED) is 0.922. The van der Waals surface area contributed by atoms with Crippen LogP contribution in [0.25, 0.3) is 0 Å². The van der Waals surface area contributed by atoms with Gasteiger partial charge in [0.1, 0.15) is 5.75 Å². The first-order chi connectivity index (χ1) is 10.1.